The van der Waals surface area contributed by atoms with Crippen LogP contribution in [0.25, 0.3) is 0 Å². The maximum atomic E-state index is 11.6. The van der Waals surface area contributed by atoms with E-state index in [-0.39, 0.29) is 26.1 Å². The Labute approximate surface area is 135 Å². The van der Waals surface area contributed by atoms with E-state index in [1.54, 1.807) is 0 Å². The lowest BCUT2D eigenvalue weighted by Crippen LogP contribution is -2.35. The summed E-state index contributed by atoms with van der Waals surface area (Å²) in [7, 11) is 0. The van der Waals surface area contributed by atoms with E-state index in [9.17, 15) is 19.2 Å². The fourth-order valence-electron chi connectivity index (χ4n) is 2.40. The van der Waals surface area contributed by atoms with Gasteiger partial charge in [-0.05, 0) is 0 Å². The lowest BCUT2D eigenvalue weighted by atomic mass is 10.1. The Kier molecular flexibility index (Phi) is 5.88. The average Bonchev–Trinajstić information content (AvgIpc) is 3.07. The van der Waals surface area contributed by atoms with Crippen LogP contribution in [0.5, 0.6) is 0 Å². The Morgan fingerprint density at radius 3 is 2.04 bits per heavy atom. The van der Waals surface area contributed by atoms with Crippen molar-refractivity contribution in [3.63, 3.8) is 0 Å². The molecule has 2 aliphatic heterocycles. The fourth-order valence-corrected chi connectivity index (χ4v) is 2.40. The van der Waals surface area contributed by atoms with Gasteiger partial charge in [-0.1, -0.05) is 0 Å². The number of carboxylic acids is 2. The number of hydrogen-bond donors (Lipinski definition) is 2. The Morgan fingerprint density at radius 1 is 0.917 bits per heavy atom. The van der Waals surface area contributed by atoms with E-state index in [0.29, 0.717) is 6.08 Å². The van der Waals surface area contributed by atoms with Crippen LogP contribution in [0.3, 0.4) is 0 Å². The molecular weight excluding hydrogens is 328 g/mol. The number of carbonyl (C=O) groups is 4. The van der Waals surface area contributed by atoms with E-state index in [1.807, 2.05) is 0 Å². The number of fused-ring (bicyclic) bond motifs is 1. The van der Waals surface area contributed by atoms with Gasteiger partial charge in [0.1, 0.15) is 12.2 Å². The molecule has 0 aromatic heterocycles. The van der Waals surface area contributed by atoms with Crippen molar-refractivity contribution in [3.05, 3.63) is 12.2 Å². The van der Waals surface area contributed by atoms with E-state index in [1.165, 1.54) is 0 Å². The minimum atomic E-state index is -1.28. The molecule has 2 fully saturated rings. The minimum absolute atomic E-state index is 0.0190. The molecule has 0 bridgehead atoms. The zero-order chi connectivity index (χ0) is 17.7. The normalized spacial score (nSPS) is 28.5. The smallest absolute Gasteiger partial charge is 0.331 e. The van der Waals surface area contributed by atoms with Gasteiger partial charge in [0.05, 0.1) is 26.1 Å². The van der Waals surface area contributed by atoms with Crippen LogP contribution >= 0.6 is 0 Å². The van der Waals surface area contributed by atoms with Gasteiger partial charge in [-0.25, -0.2) is 9.59 Å². The van der Waals surface area contributed by atoms with Crippen molar-refractivity contribution >= 4 is 23.9 Å². The summed E-state index contributed by atoms with van der Waals surface area (Å²) in [6, 6.07) is 0. The third kappa shape index (κ3) is 4.77. The predicted molar refractivity (Wildman–Crippen MR) is 72.9 cm³/mol. The first-order valence-corrected chi connectivity index (χ1v) is 7.13. The average molecular weight is 344 g/mol. The fraction of sp³-hybridized carbons (Fsp3) is 0.571. The molecule has 0 aliphatic carbocycles. The van der Waals surface area contributed by atoms with Gasteiger partial charge in [-0.15, -0.1) is 0 Å². The minimum Gasteiger partial charge on any atom is -0.481 e. The SMILES string of the molecule is O=C(O)/C=C/C(=O)O[C@@H]1CO[C@H]2[C@@H]1OC[C@H]2OC(=O)CCC(=O)O. The molecule has 24 heavy (non-hydrogen) atoms. The van der Waals surface area contributed by atoms with Crippen LogP contribution in [-0.2, 0) is 38.1 Å². The number of hydrogen-bond acceptors (Lipinski definition) is 8. The van der Waals surface area contributed by atoms with Gasteiger partial charge in [-0.3, -0.25) is 9.59 Å². The maximum absolute atomic E-state index is 11.6. The number of aliphatic carboxylic acids is 2. The molecule has 2 rings (SSSR count). The first kappa shape index (κ1) is 17.9. The number of ether oxygens (including phenoxy) is 4. The zero-order valence-electron chi connectivity index (χ0n) is 12.5. The van der Waals surface area contributed by atoms with E-state index < -0.39 is 48.3 Å². The number of carbonyl (C=O) groups excluding carboxylic acids is 2. The van der Waals surface area contributed by atoms with Crippen LogP contribution in [0, 0.1) is 0 Å². The molecule has 0 radical (unpaired) electrons. The Balaban J connectivity index is 1.83. The molecule has 2 heterocycles. The summed E-state index contributed by atoms with van der Waals surface area (Å²) >= 11 is 0. The molecule has 0 saturated carbocycles. The van der Waals surface area contributed by atoms with Crippen LogP contribution in [0.2, 0.25) is 0 Å². The Hall–Kier alpha value is -2.46. The third-order valence-electron chi connectivity index (χ3n) is 3.42. The van der Waals surface area contributed by atoms with Gasteiger partial charge in [0.25, 0.3) is 0 Å². The molecule has 10 nitrogen and oxygen atoms in total. The quantitative estimate of drug-likeness (QED) is 0.440. The second-order valence-corrected chi connectivity index (χ2v) is 5.16. The van der Waals surface area contributed by atoms with Gasteiger partial charge < -0.3 is 29.2 Å². The molecule has 10 heteroatoms. The van der Waals surface area contributed by atoms with Crippen LogP contribution < -0.4 is 0 Å². The van der Waals surface area contributed by atoms with Crippen LogP contribution in [0.15, 0.2) is 12.2 Å². The second-order valence-electron chi connectivity index (χ2n) is 5.16. The molecule has 2 N–H and O–H groups in total. The molecule has 0 aromatic carbocycles. The summed E-state index contributed by atoms with van der Waals surface area (Å²) in [4.78, 5) is 43.8. The van der Waals surface area contributed by atoms with E-state index in [0.717, 1.165) is 6.08 Å². The largest absolute Gasteiger partial charge is 0.481 e. The summed E-state index contributed by atoms with van der Waals surface area (Å²) in [5, 5.41) is 17.0. The molecule has 0 spiro atoms. The lowest BCUT2D eigenvalue weighted by molar-refractivity contribution is -0.156. The molecule has 132 valence electrons. The number of rotatable bonds is 7. The first-order chi connectivity index (χ1) is 11.4. The lowest BCUT2D eigenvalue weighted by Gasteiger charge is -2.16. The van der Waals surface area contributed by atoms with Gasteiger partial charge in [0, 0.05) is 12.2 Å². The van der Waals surface area contributed by atoms with E-state index in [2.05, 4.69) is 0 Å². The molecule has 4 atom stereocenters. The van der Waals surface area contributed by atoms with E-state index >= 15 is 0 Å². The summed E-state index contributed by atoms with van der Waals surface area (Å²) in [5.74, 6) is -3.92. The Morgan fingerprint density at radius 2 is 1.50 bits per heavy atom. The van der Waals surface area contributed by atoms with Crippen molar-refractivity contribution in [2.75, 3.05) is 13.2 Å². The third-order valence-corrected chi connectivity index (χ3v) is 3.42. The zero-order valence-corrected chi connectivity index (χ0v) is 12.5. The first-order valence-electron chi connectivity index (χ1n) is 7.13. The van der Waals surface area contributed by atoms with Gasteiger partial charge in [0.2, 0.25) is 0 Å². The van der Waals surface area contributed by atoms with Crippen LogP contribution in [0.4, 0.5) is 0 Å². The van der Waals surface area contributed by atoms with Crippen LogP contribution in [0.1, 0.15) is 12.8 Å². The van der Waals surface area contributed by atoms with Crippen molar-refractivity contribution in [1.29, 1.82) is 0 Å². The maximum Gasteiger partial charge on any atom is 0.331 e. The van der Waals surface area contributed by atoms with Gasteiger partial charge in [0.15, 0.2) is 12.2 Å². The Bertz CT molecular complexity index is 554. The summed E-state index contributed by atoms with van der Waals surface area (Å²) in [6.45, 7) is 0.0539. The van der Waals surface area contributed by atoms with Crippen molar-refractivity contribution < 1.29 is 48.3 Å². The molecule has 2 saturated heterocycles. The summed E-state index contributed by atoms with van der Waals surface area (Å²) in [6.07, 6.45) is -1.89. The number of carboxylic acid groups (broad SMARTS) is 2. The van der Waals surface area contributed by atoms with Crippen molar-refractivity contribution in [2.24, 2.45) is 0 Å². The van der Waals surface area contributed by atoms with Crippen molar-refractivity contribution in [2.45, 2.75) is 37.3 Å². The van der Waals surface area contributed by atoms with Crippen molar-refractivity contribution in [3.8, 4) is 0 Å². The van der Waals surface area contributed by atoms with Crippen LogP contribution in [-0.4, -0.2) is 71.7 Å². The highest BCUT2D eigenvalue weighted by molar-refractivity contribution is 5.90. The molecule has 2 aliphatic rings. The topological polar surface area (TPSA) is 146 Å². The predicted octanol–water partition coefficient (Wildman–Crippen LogP) is -0.887. The highest BCUT2D eigenvalue weighted by Gasteiger charge is 2.51. The van der Waals surface area contributed by atoms with Gasteiger partial charge >= 0.3 is 23.9 Å². The monoisotopic (exact) mass is 344 g/mol. The van der Waals surface area contributed by atoms with Crippen molar-refractivity contribution in [1.82, 2.24) is 0 Å². The number of esters is 2. The van der Waals surface area contributed by atoms with E-state index in [4.69, 9.17) is 29.2 Å². The second kappa shape index (κ2) is 7.88. The highest BCUT2D eigenvalue weighted by atomic mass is 16.7. The molecular formula is C14H16O10. The summed E-state index contributed by atoms with van der Waals surface area (Å²) in [5.41, 5.74) is 0. The molecule has 0 aromatic rings. The van der Waals surface area contributed by atoms with Gasteiger partial charge in [-0.2, -0.15) is 0 Å². The summed E-state index contributed by atoms with van der Waals surface area (Å²) < 4.78 is 21.0. The molecule has 0 amide bonds. The molecule has 0 unspecified atom stereocenters. The highest BCUT2D eigenvalue weighted by Crippen LogP contribution is 2.30. The standard InChI is InChI=1S/C14H16O10/c15-9(16)1-3-11(19)23-7-5-21-14-8(6-22-13(7)14)24-12(20)4-2-10(17)18/h1,3,7-8,13-14H,2,4-6H2,(H,15,16)(H,17,18)/b3-1+/t7-,8-,13-,14-/m1/s1.